The molecule has 5 heteroatoms. The fraction of sp³-hybridized carbons (Fsp3) is 0.263. The Morgan fingerprint density at radius 2 is 1.96 bits per heavy atom. The average Bonchev–Trinajstić information content (AvgIpc) is 3.40. The first-order valence-electron chi connectivity index (χ1n) is 7.94. The number of rotatable bonds is 5. The quantitative estimate of drug-likeness (QED) is 0.866. The van der Waals surface area contributed by atoms with Crippen LogP contribution in [0.4, 0.5) is 15.8 Å². The van der Waals surface area contributed by atoms with E-state index >= 15 is 0 Å². The number of carbonyl (C=O) groups excluding carboxylic acids is 1. The van der Waals surface area contributed by atoms with E-state index in [1.165, 1.54) is 6.07 Å². The molecule has 1 unspecified atom stereocenters. The van der Waals surface area contributed by atoms with Gasteiger partial charge in [0.15, 0.2) is 0 Å². The number of hydrogen-bond acceptors (Lipinski definition) is 3. The molecule has 1 fully saturated rings. The third-order valence-corrected chi connectivity index (χ3v) is 4.12. The van der Waals surface area contributed by atoms with Crippen molar-refractivity contribution in [1.29, 1.82) is 5.26 Å². The predicted octanol–water partition coefficient (Wildman–Crippen LogP) is 4.22. The molecule has 122 valence electrons. The van der Waals surface area contributed by atoms with Crippen LogP contribution < -0.4 is 10.6 Å². The van der Waals surface area contributed by atoms with Crippen LogP contribution >= 0.6 is 0 Å². The van der Waals surface area contributed by atoms with Crippen molar-refractivity contribution in [2.45, 2.75) is 25.8 Å². The van der Waals surface area contributed by atoms with Crippen molar-refractivity contribution in [3.63, 3.8) is 0 Å². The summed E-state index contributed by atoms with van der Waals surface area (Å²) >= 11 is 0. The van der Waals surface area contributed by atoms with Crippen molar-refractivity contribution in [2.75, 3.05) is 10.6 Å². The van der Waals surface area contributed by atoms with Crippen LogP contribution in [0, 0.1) is 23.1 Å². The molecule has 1 aliphatic rings. The van der Waals surface area contributed by atoms with Crippen LogP contribution in [0.1, 0.15) is 36.9 Å². The lowest BCUT2D eigenvalue weighted by atomic mass is 10.1. The molecule has 0 saturated heterocycles. The summed E-state index contributed by atoms with van der Waals surface area (Å²) in [6, 6.07) is 13.8. The topological polar surface area (TPSA) is 64.9 Å². The zero-order valence-electron chi connectivity index (χ0n) is 13.3. The number of halogens is 1. The van der Waals surface area contributed by atoms with Gasteiger partial charge in [-0.25, -0.2) is 4.39 Å². The molecular weight excluding hydrogens is 305 g/mol. The van der Waals surface area contributed by atoms with Gasteiger partial charge in [-0.05, 0) is 49.6 Å². The summed E-state index contributed by atoms with van der Waals surface area (Å²) in [6.45, 7) is 1.93. The maximum absolute atomic E-state index is 13.6. The molecule has 0 aromatic heterocycles. The monoisotopic (exact) mass is 323 g/mol. The van der Waals surface area contributed by atoms with Crippen LogP contribution in [0.5, 0.6) is 0 Å². The van der Waals surface area contributed by atoms with Crippen LogP contribution in [-0.2, 0) is 4.79 Å². The molecule has 1 amide bonds. The lowest BCUT2D eigenvalue weighted by molar-refractivity contribution is -0.117. The summed E-state index contributed by atoms with van der Waals surface area (Å²) in [7, 11) is 0. The molecule has 0 heterocycles. The maximum atomic E-state index is 13.6. The Kier molecular flexibility index (Phi) is 4.48. The Hall–Kier alpha value is -2.87. The molecule has 2 aromatic carbocycles. The number of benzene rings is 2. The summed E-state index contributed by atoms with van der Waals surface area (Å²) in [5, 5.41) is 15.1. The van der Waals surface area contributed by atoms with E-state index in [0.717, 1.165) is 24.1 Å². The Bertz CT molecular complexity index is 791. The molecule has 3 rings (SSSR count). The van der Waals surface area contributed by atoms with Crippen molar-refractivity contribution < 1.29 is 9.18 Å². The molecule has 24 heavy (non-hydrogen) atoms. The van der Waals surface area contributed by atoms with Gasteiger partial charge in [-0.1, -0.05) is 18.2 Å². The molecule has 0 aliphatic heterocycles. The standard InChI is InChI=1S/C19H18FN3O/c1-12(22-18-4-2-3-17(20)16(18)11-21)13-7-9-15(10-8-13)23-19(24)14-5-6-14/h2-4,7-10,12,14,22H,5-6H2,1H3,(H,23,24). The van der Waals surface area contributed by atoms with E-state index in [-0.39, 0.29) is 23.4 Å². The van der Waals surface area contributed by atoms with Crippen LogP contribution in [-0.4, -0.2) is 5.91 Å². The van der Waals surface area contributed by atoms with Gasteiger partial charge in [0.2, 0.25) is 5.91 Å². The molecule has 0 spiro atoms. The number of nitrogens with zero attached hydrogens (tertiary/aromatic N) is 1. The third kappa shape index (κ3) is 3.54. The van der Waals surface area contributed by atoms with Crippen LogP contribution in [0.15, 0.2) is 42.5 Å². The Morgan fingerprint density at radius 1 is 1.25 bits per heavy atom. The highest BCUT2D eigenvalue weighted by atomic mass is 19.1. The highest BCUT2D eigenvalue weighted by molar-refractivity contribution is 5.94. The van der Waals surface area contributed by atoms with Crippen molar-refractivity contribution in [1.82, 2.24) is 0 Å². The lowest BCUT2D eigenvalue weighted by Crippen LogP contribution is -2.13. The Morgan fingerprint density at radius 3 is 2.58 bits per heavy atom. The van der Waals surface area contributed by atoms with Crippen molar-refractivity contribution >= 4 is 17.3 Å². The van der Waals surface area contributed by atoms with Gasteiger partial charge in [-0.2, -0.15) is 5.26 Å². The predicted molar refractivity (Wildman–Crippen MR) is 90.9 cm³/mol. The number of anilines is 2. The number of nitriles is 1. The minimum atomic E-state index is -0.534. The highest BCUT2D eigenvalue weighted by Gasteiger charge is 2.29. The number of carbonyl (C=O) groups is 1. The van der Waals surface area contributed by atoms with Gasteiger partial charge in [0.05, 0.1) is 5.69 Å². The van der Waals surface area contributed by atoms with Gasteiger partial charge in [0.25, 0.3) is 0 Å². The zero-order chi connectivity index (χ0) is 17.1. The van der Waals surface area contributed by atoms with Gasteiger partial charge in [-0.3, -0.25) is 4.79 Å². The van der Waals surface area contributed by atoms with Crippen molar-refractivity contribution in [3.05, 3.63) is 59.4 Å². The molecule has 4 nitrogen and oxygen atoms in total. The minimum Gasteiger partial charge on any atom is -0.377 e. The molecule has 0 radical (unpaired) electrons. The first kappa shape index (κ1) is 16.0. The van der Waals surface area contributed by atoms with E-state index in [2.05, 4.69) is 10.6 Å². The van der Waals surface area contributed by atoms with Gasteiger partial charge in [-0.15, -0.1) is 0 Å². The smallest absolute Gasteiger partial charge is 0.227 e. The van der Waals surface area contributed by atoms with E-state index < -0.39 is 5.82 Å². The summed E-state index contributed by atoms with van der Waals surface area (Å²) in [5.74, 6) is -0.289. The SMILES string of the molecule is CC(Nc1cccc(F)c1C#N)c1ccc(NC(=O)C2CC2)cc1. The fourth-order valence-electron chi connectivity index (χ4n) is 2.52. The summed E-state index contributed by atoms with van der Waals surface area (Å²) in [4.78, 5) is 11.7. The fourth-order valence-corrected chi connectivity index (χ4v) is 2.52. The van der Waals surface area contributed by atoms with E-state index in [9.17, 15) is 9.18 Å². The molecule has 2 N–H and O–H groups in total. The van der Waals surface area contributed by atoms with E-state index in [1.54, 1.807) is 12.1 Å². The summed E-state index contributed by atoms with van der Waals surface area (Å²) < 4.78 is 13.6. The van der Waals surface area contributed by atoms with Gasteiger partial charge in [0.1, 0.15) is 17.4 Å². The second kappa shape index (κ2) is 6.71. The maximum Gasteiger partial charge on any atom is 0.227 e. The largest absolute Gasteiger partial charge is 0.377 e. The van der Waals surface area contributed by atoms with Crippen LogP contribution in [0.2, 0.25) is 0 Å². The molecule has 1 atom stereocenters. The molecular formula is C19H18FN3O. The first-order valence-corrected chi connectivity index (χ1v) is 7.94. The number of nitrogens with one attached hydrogen (secondary N) is 2. The average molecular weight is 323 g/mol. The first-order chi connectivity index (χ1) is 11.6. The Labute approximate surface area is 140 Å². The van der Waals surface area contributed by atoms with Crippen molar-refractivity contribution in [3.8, 4) is 6.07 Å². The summed E-state index contributed by atoms with van der Waals surface area (Å²) in [6.07, 6.45) is 1.94. The number of amides is 1. The second-order valence-corrected chi connectivity index (χ2v) is 6.03. The lowest BCUT2D eigenvalue weighted by Gasteiger charge is -2.17. The second-order valence-electron chi connectivity index (χ2n) is 6.03. The van der Waals surface area contributed by atoms with Crippen molar-refractivity contribution in [2.24, 2.45) is 5.92 Å². The van der Waals surface area contributed by atoms with Gasteiger partial charge < -0.3 is 10.6 Å². The number of hydrogen-bond donors (Lipinski definition) is 2. The van der Waals surface area contributed by atoms with Gasteiger partial charge in [0, 0.05) is 17.6 Å². The highest BCUT2D eigenvalue weighted by Crippen LogP contribution is 2.30. The Balaban J connectivity index is 1.69. The minimum absolute atomic E-state index is 0.0117. The van der Waals surface area contributed by atoms with E-state index in [4.69, 9.17) is 5.26 Å². The summed E-state index contributed by atoms with van der Waals surface area (Å²) in [5.41, 5.74) is 2.23. The molecule has 1 saturated carbocycles. The normalized spacial score (nSPS) is 14.5. The molecule has 1 aliphatic carbocycles. The molecule has 0 bridgehead atoms. The van der Waals surface area contributed by atoms with Crippen LogP contribution in [0.25, 0.3) is 0 Å². The van der Waals surface area contributed by atoms with Crippen LogP contribution in [0.3, 0.4) is 0 Å². The molecule has 2 aromatic rings. The van der Waals surface area contributed by atoms with Gasteiger partial charge >= 0.3 is 0 Å². The third-order valence-electron chi connectivity index (χ3n) is 4.12. The van der Waals surface area contributed by atoms with E-state index in [1.807, 2.05) is 37.3 Å². The van der Waals surface area contributed by atoms with E-state index in [0.29, 0.717) is 5.69 Å². The zero-order valence-corrected chi connectivity index (χ0v) is 13.3.